The number of thiazole rings is 1. The molecule has 0 bridgehead atoms. The number of hydrogen-bond donors (Lipinski definition) is 1. The van der Waals surface area contributed by atoms with Crippen molar-refractivity contribution in [2.24, 2.45) is 0 Å². The van der Waals surface area contributed by atoms with Gasteiger partial charge in [0.05, 0.1) is 28.0 Å². The summed E-state index contributed by atoms with van der Waals surface area (Å²) in [6, 6.07) is 4.91. The molecule has 1 heterocycles. The van der Waals surface area contributed by atoms with E-state index in [1.54, 1.807) is 23.5 Å². The zero-order valence-corrected chi connectivity index (χ0v) is 12.7. The van der Waals surface area contributed by atoms with Gasteiger partial charge in [-0.2, -0.15) is 0 Å². The van der Waals surface area contributed by atoms with Crippen LogP contribution >= 0.6 is 22.9 Å². The quantitative estimate of drug-likeness (QED) is 0.876. The first-order valence-corrected chi connectivity index (χ1v) is 7.26. The highest BCUT2D eigenvalue weighted by Crippen LogP contribution is 2.26. The van der Waals surface area contributed by atoms with Crippen LogP contribution in [0.25, 0.3) is 0 Å². The molecule has 0 aliphatic heterocycles. The minimum atomic E-state index is -0.421. The molecule has 1 N–H and O–H groups in total. The summed E-state index contributed by atoms with van der Waals surface area (Å²) < 4.78 is 13.7. The number of nitrogens with zero attached hydrogens (tertiary/aromatic N) is 1. The van der Waals surface area contributed by atoms with Crippen LogP contribution in [-0.4, -0.2) is 4.98 Å². The van der Waals surface area contributed by atoms with Gasteiger partial charge in [0, 0.05) is 10.8 Å². The Bertz CT molecular complexity index is 575. The number of rotatable bonds is 3. The van der Waals surface area contributed by atoms with E-state index < -0.39 is 5.82 Å². The minimum absolute atomic E-state index is 0.0459. The maximum atomic E-state index is 13.7. The van der Waals surface area contributed by atoms with E-state index in [1.165, 1.54) is 6.07 Å². The number of anilines is 1. The SMILES string of the molecule is CC(C)(C)c1nc(CNc2cccc(Cl)c2F)cs1. The molecule has 5 heteroatoms. The second kappa shape index (κ2) is 5.47. The maximum absolute atomic E-state index is 13.7. The van der Waals surface area contributed by atoms with Gasteiger partial charge >= 0.3 is 0 Å². The first-order valence-electron chi connectivity index (χ1n) is 6.00. The Morgan fingerprint density at radius 3 is 2.74 bits per heavy atom. The van der Waals surface area contributed by atoms with E-state index >= 15 is 0 Å². The number of benzene rings is 1. The molecule has 0 atom stereocenters. The molecule has 0 saturated carbocycles. The van der Waals surface area contributed by atoms with Crippen LogP contribution in [0.4, 0.5) is 10.1 Å². The molecule has 19 heavy (non-hydrogen) atoms. The highest BCUT2D eigenvalue weighted by atomic mass is 35.5. The van der Waals surface area contributed by atoms with E-state index in [2.05, 4.69) is 31.1 Å². The fourth-order valence-corrected chi connectivity index (χ4v) is 2.64. The second-order valence-corrected chi connectivity index (χ2v) is 6.61. The topological polar surface area (TPSA) is 24.9 Å². The number of nitrogens with one attached hydrogen (secondary N) is 1. The molecule has 2 nitrogen and oxygen atoms in total. The van der Waals surface area contributed by atoms with Crippen LogP contribution < -0.4 is 5.32 Å². The minimum Gasteiger partial charge on any atom is -0.377 e. The van der Waals surface area contributed by atoms with Gasteiger partial charge in [0.15, 0.2) is 5.82 Å². The Hall–Kier alpha value is -1.13. The lowest BCUT2D eigenvalue weighted by molar-refractivity contribution is 0.583. The maximum Gasteiger partial charge on any atom is 0.164 e. The predicted molar refractivity (Wildman–Crippen MR) is 79.6 cm³/mol. The molecule has 0 aliphatic rings. The van der Waals surface area contributed by atoms with Crippen LogP contribution in [-0.2, 0) is 12.0 Å². The molecule has 1 aromatic heterocycles. The molecular weight excluding hydrogens is 283 g/mol. The van der Waals surface area contributed by atoms with E-state index in [-0.39, 0.29) is 10.4 Å². The van der Waals surface area contributed by atoms with Gasteiger partial charge in [0.2, 0.25) is 0 Å². The summed E-state index contributed by atoms with van der Waals surface area (Å²) in [5.74, 6) is -0.421. The fraction of sp³-hybridized carbons (Fsp3) is 0.357. The molecule has 0 saturated heterocycles. The zero-order chi connectivity index (χ0) is 14.0. The number of hydrogen-bond acceptors (Lipinski definition) is 3. The summed E-state index contributed by atoms with van der Waals surface area (Å²) in [5.41, 5.74) is 1.36. The lowest BCUT2D eigenvalue weighted by atomic mass is 9.98. The molecule has 0 aliphatic carbocycles. The summed E-state index contributed by atoms with van der Waals surface area (Å²) in [7, 11) is 0. The van der Waals surface area contributed by atoms with Crippen LogP contribution in [0.1, 0.15) is 31.5 Å². The lowest BCUT2D eigenvalue weighted by Crippen LogP contribution is -2.11. The third-order valence-corrected chi connectivity index (χ3v) is 4.21. The predicted octanol–water partition coefficient (Wildman–Crippen LogP) is 4.85. The van der Waals surface area contributed by atoms with Crippen molar-refractivity contribution in [3.8, 4) is 0 Å². The first-order chi connectivity index (χ1) is 8.88. The standard InChI is InChI=1S/C14H16ClFN2S/c1-14(2,3)13-18-9(8-19-13)7-17-11-6-4-5-10(15)12(11)16/h4-6,8,17H,7H2,1-3H3. The molecule has 0 unspecified atom stereocenters. The van der Waals surface area contributed by atoms with Gasteiger partial charge in [0.1, 0.15) is 0 Å². The molecule has 2 aromatic rings. The molecule has 1 aromatic carbocycles. The smallest absolute Gasteiger partial charge is 0.164 e. The third kappa shape index (κ3) is 3.45. The van der Waals surface area contributed by atoms with E-state index in [9.17, 15) is 4.39 Å². The van der Waals surface area contributed by atoms with Gasteiger partial charge in [-0.15, -0.1) is 11.3 Å². The highest BCUT2D eigenvalue weighted by molar-refractivity contribution is 7.09. The van der Waals surface area contributed by atoms with Gasteiger partial charge in [-0.25, -0.2) is 9.37 Å². The second-order valence-electron chi connectivity index (χ2n) is 5.35. The molecule has 102 valence electrons. The largest absolute Gasteiger partial charge is 0.377 e. The fourth-order valence-electron chi connectivity index (χ4n) is 1.56. The monoisotopic (exact) mass is 298 g/mol. The Kier molecular flexibility index (Phi) is 4.11. The summed E-state index contributed by atoms with van der Waals surface area (Å²) >= 11 is 7.36. The van der Waals surface area contributed by atoms with Crippen LogP contribution in [0.5, 0.6) is 0 Å². The van der Waals surface area contributed by atoms with Gasteiger partial charge in [-0.1, -0.05) is 38.4 Å². The first kappa shape index (κ1) is 14.3. The zero-order valence-electron chi connectivity index (χ0n) is 11.1. The van der Waals surface area contributed by atoms with E-state index in [4.69, 9.17) is 11.6 Å². The number of aromatic nitrogens is 1. The molecule has 0 amide bonds. The van der Waals surface area contributed by atoms with Crippen molar-refractivity contribution < 1.29 is 4.39 Å². The Morgan fingerprint density at radius 1 is 1.37 bits per heavy atom. The van der Waals surface area contributed by atoms with Crippen LogP contribution in [0, 0.1) is 5.82 Å². The van der Waals surface area contributed by atoms with Crippen LogP contribution in [0.2, 0.25) is 5.02 Å². The van der Waals surface area contributed by atoms with Crippen molar-refractivity contribution in [2.45, 2.75) is 32.7 Å². The van der Waals surface area contributed by atoms with Crippen molar-refractivity contribution >= 4 is 28.6 Å². The van der Waals surface area contributed by atoms with Gasteiger partial charge in [-0.05, 0) is 12.1 Å². The summed E-state index contributed by atoms with van der Waals surface area (Å²) in [5, 5.41) is 6.22. The molecule has 0 spiro atoms. The Morgan fingerprint density at radius 2 is 2.11 bits per heavy atom. The summed E-state index contributed by atoms with van der Waals surface area (Å²) in [6.45, 7) is 6.86. The molecule has 0 radical (unpaired) electrons. The van der Waals surface area contributed by atoms with Gasteiger partial charge in [-0.3, -0.25) is 0 Å². The van der Waals surface area contributed by atoms with Crippen LogP contribution in [0.3, 0.4) is 0 Å². The van der Waals surface area contributed by atoms with Crippen molar-refractivity contribution in [2.75, 3.05) is 5.32 Å². The van der Waals surface area contributed by atoms with Crippen molar-refractivity contribution in [1.29, 1.82) is 0 Å². The average Bonchev–Trinajstić information content (AvgIpc) is 2.79. The van der Waals surface area contributed by atoms with E-state index in [0.29, 0.717) is 12.2 Å². The van der Waals surface area contributed by atoms with Crippen molar-refractivity contribution in [3.63, 3.8) is 0 Å². The molecular formula is C14H16ClFN2S. The average molecular weight is 299 g/mol. The van der Waals surface area contributed by atoms with Gasteiger partial charge in [0.25, 0.3) is 0 Å². The number of halogens is 2. The molecule has 0 fully saturated rings. The Balaban J connectivity index is 2.07. The van der Waals surface area contributed by atoms with E-state index in [0.717, 1.165) is 10.7 Å². The highest BCUT2D eigenvalue weighted by Gasteiger charge is 2.17. The van der Waals surface area contributed by atoms with Gasteiger partial charge < -0.3 is 5.32 Å². The summed E-state index contributed by atoms with van der Waals surface area (Å²) in [4.78, 5) is 4.55. The Labute approximate surface area is 121 Å². The van der Waals surface area contributed by atoms with Crippen LogP contribution in [0.15, 0.2) is 23.6 Å². The molecule has 2 rings (SSSR count). The third-order valence-electron chi connectivity index (χ3n) is 2.60. The van der Waals surface area contributed by atoms with Crippen molar-refractivity contribution in [3.05, 3.63) is 45.1 Å². The normalized spacial score (nSPS) is 11.6. The summed E-state index contributed by atoms with van der Waals surface area (Å²) in [6.07, 6.45) is 0. The van der Waals surface area contributed by atoms with E-state index in [1.807, 2.05) is 5.38 Å². The lowest BCUT2D eigenvalue weighted by Gasteiger charge is -2.13. The van der Waals surface area contributed by atoms with Crippen molar-refractivity contribution in [1.82, 2.24) is 4.98 Å².